The van der Waals surface area contributed by atoms with Crippen LogP contribution in [0.3, 0.4) is 0 Å². The zero-order valence-electron chi connectivity index (χ0n) is 11.8. The first-order valence-corrected chi connectivity index (χ1v) is 6.75. The summed E-state index contributed by atoms with van der Waals surface area (Å²) < 4.78 is 19.1. The second kappa shape index (κ2) is 7.49. The molecule has 0 heterocycles. The van der Waals surface area contributed by atoms with E-state index in [0.29, 0.717) is 12.2 Å². The standard InChI is InChI=1S/C15H24FNO/c1-5-14(18-7-3)15(17-6-2)12-8-9-13(16)11(4)10-12/h8-10,14-15,17H,5-7H2,1-4H3. The molecule has 18 heavy (non-hydrogen) atoms. The first-order valence-electron chi connectivity index (χ1n) is 6.75. The molecule has 0 aromatic heterocycles. The zero-order chi connectivity index (χ0) is 13.5. The van der Waals surface area contributed by atoms with E-state index in [2.05, 4.69) is 19.2 Å². The van der Waals surface area contributed by atoms with E-state index in [1.807, 2.05) is 19.1 Å². The van der Waals surface area contributed by atoms with E-state index in [1.165, 1.54) is 6.07 Å². The summed E-state index contributed by atoms with van der Waals surface area (Å²) in [6, 6.07) is 5.41. The summed E-state index contributed by atoms with van der Waals surface area (Å²) in [5.74, 6) is -0.154. The van der Waals surface area contributed by atoms with Crippen molar-refractivity contribution < 1.29 is 9.13 Å². The Kier molecular flexibility index (Phi) is 6.30. The fraction of sp³-hybridized carbons (Fsp3) is 0.600. The monoisotopic (exact) mass is 253 g/mol. The van der Waals surface area contributed by atoms with Crippen LogP contribution in [-0.2, 0) is 4.74 Å². The van der Waals surface area contributed by atoms with Crippen molar-refractivity contribution in [2.24, 2.45) is 0 Å². The average molecular weight is 253 g/mol. The Bertz CT molecular complexity index is 368. The van der Waals surface area contributed by atoms with Crippen LogP contribution in [0.25, 0.3) is 0 Å². The van der Waals surface area contributed by atoms with Gasteiger partial charge in [0, 0.05) is 6.61 Å². The van der Waals surface area contributed by atoms with Gasteiger partial charge in [0.05, 0.1) is 12.1 Å². The summed E-state index contributed by atoms with van der Waals surface area (Å²) in [7, 11) is 0. The molecule has 0 saturated carbocycles. The van der Waals surface area contributed by atoms with Crippen molar-refractivity contribution in [3.8, 4) is 0 Å². The number of ether oxygens (including phenoxy) is 1. The maximum atomic E-state index is 13.3. The van der Waals surface area contributed by atoms with E-state index >= 15 is 0 Å². The van der Waals surface area contributed by atoms with Crippen LogP contribution < -0.4 is 5.32 Å². The van der Waals surface area contributed by atoms with Crippen molar-refractivity contribution in [2.45, 2.75) is 46.3 Å². The van der Waals surface area contributed by atoms with Gasteiger partial charge in [-0.1, -0.05) is 26.0 Å². The summed E-state index contributed by atoms with van der Waals surface area (Å²) in [5.41, 5.74) is 1.78. The smallest absolute Gasteiger partial charge is 0.126 e. The lowest BCUT2D eigenvalue weighted by Crippen LogP contribution is -2.33. The van der Waals surface area contributed by atoms with Gasteiger partial charge >= 0.3 is 0 Å². The predicted molar refractivity (Wildman–Crippen MR) is 73.3 cm³/mol. The molecule has 0 aliphatic rings. The first kappa shape index (κ1) is 15.1. The summed E-state index contributed by atoms with van der Waals surface area (Å²) in [4.78, 5) is 0. The van der Waals surface area contributed by atoms with Gasteiger partial charge in [-0.25, -0.2) is 4.39 Å². The first-order chi connectivity index (χ1) is 8.63. The Morgan fingerprint density at radius 1 is 1.28 bits per heavy atom. The van der Waals surface area contributed by atoms with Crippen LogP contribution in [-0.4, -0.2) is 19.3 Å². The number of halogens is 1. The van der Waals surface area contributed by atoms with Crippen LogP contribution in [0.5, 0.6) is 0 Å². The molecule has 0 saturated heterocycles. The fourth-order valence-electron chi connectivity index (χ4n) is 2.21. The highest BCUT2D eigenvalue weighted by Gasteiger charge is 2.21. The van der Waals surface area contributed by atoms with E-state index in [1.54, 1.807) is 6.92 Å². The normalized spacial score (nSPS) is 14.5. The minimum Gasteiger partial charge on any atom is -0.377 e. The van der Waals surface area contributed by atoms with Gasteiger partial charge < -0.3 is 10.1 Å². The summed E-state index contributed by atoms with van der Waals surface area (Å²) in [6.45, 7) is 9.54. The third kappa shape index (κ3) is 3.79. The minimum atomic E-state index is -0.154. The van der Waals surface area contributed by atoms with Crippen LogP contribution in [0.2, 0.25) is 0 Å². The van der Waals surface area contributed by atoms with Gasteiger partial charge in [-0.05, 0) is 44.0 Å². The van der Waals surface area contributed by atoms with E-state index in [0.717, 1.165) is 18.5 Å². The predicted octanol–water partition coefficient (Wildman–Crippen LogP) is 3.60. The van der Waals surface area contributed by atoms with Gasteiger partial charge in [-0.15, -0.1) is 0 Å². The number of benzene rings is 1. The minimum absolute atomic E-state index is 0.124. The third-order valence-electron chi connectivity index (χ3n) is 3.12. The third-order valence-corrected chi connectivity index (χ3v) is 3.12. The summed E-state index contributed by atoms with van der Waals surface area (Å²) >= 11 is 0. The number of aryl methyl sites for hydroxylation is 1. The second-order valence-electron chi connectivity index (χ2n) is 4.45. The quantitative estimate of drug-likeness (QED) is 0.801. The number of hydrogen-bond donors (Lipinski definition) is 1. The highest BCUT2D eigenvalue weighted by atomic mass is 19.1. The molecule has 0 aliphatic heterocycles. The van der Waals surface area contributed by atoms with E-state index in [-0.39, 0.29) is 18.0 Å². The van der Waals surface area contributed by atoms with Crippen LogP contribution >= 0.6 is 0 Å². The van der Waals surface area contributed by atoms with Crippen LogP contribution in [0.15, 0.2) is 18.2 Å². The molecule has 0 fully saturated rings. The summed E-state index contributed by atoms with van der Waals surface area (Å²) in [5, 5.41) is 3.43. The van der Waals surface area contributed by atoms with Crippen LogP contribution in [0.4, 0.5) is 4.39 Å². The van der Waals surface area contributed by atoms with Gasteiger partial charge in [0.1, 0.15) is 5.82 Å². The van der Waals surface area contributed by atoms with Crippen LogP contribution in [0.1, 0.15) is 44.4 Å². The Balaban J connectivity index is 2.98. The van der Waals surface area contributed by atoms with E-state index in [4.69, 9.17) is 4.74 Å². The molecule has 0 amide bonds. The largest absolute Gasteiger partial charge is 0.377 e. The molecule has 3 heteroatoms. The SMILES string of the molecule is CCNC(c1ccc(F)c(C)c1)C(CC)OCC. The highest BCUT2D eigenvalue weighted by molar-refractivity contribution is 5.27. The lowest BCUT2D eigenvalue weighted by molar-refractivity contribution is 0.0318. The molecule has 2 atom stereocenters. The van der Waals surface area contributed by atoms with Crippen molar-refractivity contribution >= 4 is 0 Å². The average Bonchev–Trinajstić information content (AvgIpc) is 2.37. The zero-order valence-corrected chi connectivity index (χ0v) is 11.8. The van der Waals surface area contributed by atoms with Crippen molar-refractivity contribution in [1.82, 2.24) is 5.32 Å². The lowest BCUT2D eigenvalue weighted by atomic mass is 9.97. The van der Waals surface area contributed by atoms with Crippen molar-refractivity contribution in [2.75, 3.05) is 13.2 Å². The molecule has 102 valence electrons. The number of rotatable bonds is 7. The van der Waals surface area contributed by atoms with Gasteiger partial charge in [-0.2, -0.15) is 0 Å². The van der Waals surface area contributed by atoms with Gasteiger partial charge in [0.15, 0.2) is 0 Å². The van der Waals surface area contributed by atoms with Gasteiger partial charge in [0.25, 0.3) is 0 Å². The van der Waals surface area contributed by atoms with Crippen LogP contribution in [0, 0.1) is 12.7 Å². The fourth-order valence-corrected chi connectivity index (χ4v) is 2.21. The number of likely N-dealkylation sites (N-methyl/N-ethyl adjacent to an activating group) is 1. The van der Waals surface area contributed by atoms with E-state index < -0.39 is 0 Å². The second-order valence-corrected chi connectivity index (χ2v) is 4.45. The Morgan fingerprint density at radius 3 is 2.50 bits per heavy atom. The van der Waals surface area contributed by atoms with Gasteiger partial charge in [-0.3, -0.25) is 0 Å². The molecule has 1 aromatic carbocycles. The lowest BCUT2D eigenvalue weighted by Gasteiger charge is -2.27. The topological polar surface area (TPSA) is 21.3 Å². The van der Waals surface area contributed by atoms with Crippen molar-refractivity contribution in [3.05, 3.63) is 35.1 Å². The molecule has 1 rings (SSSR count). The Labute approximate surface area is 110 Å². The Morgan fingerprint density at radius 2 is 2.00 bits per heavy atom. The molecule has 0 bridgehead atoms. The molecular formula is C15H24FNO. The molecule has 0 aliphatic carbocycles. The molecule has 2 unspecified atom stereocenters. The number of nitrogens with one attached hydrogen (secondary N) is 1. The van der Waals surface area contributed by atoms with Crippen molar-refractivity contribution in [3.63, 3.8) is 0 Å². The molecule has 1 aromatic rings. The molecular weight excluding hydrogens is 229 g/mol. The molecule has 0 radical (unpaired) electrons. The maximum absolute atomic E-state index is 13.3. The highest BCUT2D eigenvalue weighted by Crippen LogP contribution is 2.23. The molecule has 1 N–H and O–H groups in total. The number of hydrogen-bond acceptors (Lipinski definition) is 2. The van der Waals surface area contributed by atoms with Crippen molar-refractivity contribution in [1.29, 1.82) is 0 Å². The van der Waals surface area contributed by atoms with E-state index in [9.17, 15) is 4.39 Å². The Hall–Kier alpha value is -0.930. The molecule has 0 spiro atoms. The maximum Gasteiger partial charge on any atom is 0.126 e. The molecule has 2 nitrogen and oxygen atoms in total. The van der Waals surface area contributed by atoms with Gasteiger partial charge in [0.2, 0.25) is 0 Å². The summed E-state index contributed by atoms with van der Waals surface area (Å²) in [6.07, 6.45) is 1.06.